The number of aromatic hydroxyl groups is 2. The Bertz CT molecular complexity index is 2050. The standard InChI is InChI=1S/C53H61N3O4/c1-3-5-7-9-10-24-38-60-46-34-36-48(50(58)40-46)53(47-35-33-45(39-49(47)57)59-37-23-8-6-4-2)55-51(41-25-15-11-16-26-41,42-27-17-12-18-28-42)54-52(56-53,43-29-19-13-20-30-43)44-31-21-14-22-32-44/h11-22,25-36,39-40,54-58H,3-10,23-24,37-38H2,1-2H3. The molecule has 0 aromatic heterocycles. The number of benzene rings is 6. The van der Waals surface area contributed by atoms with Gasteiger partial charge >= 0.3 is 0 Å². The summed E-state index contributed by atoms with van der Waals surface area (Å²) in [7, 11) is 0. The van der Waals surface area contributed by atoms with E-state index in [1.54, 1.807) is 12.1 Å². The van der Waals surface area contributed by atoms with E-state index in [1.807, 2.05) is 97.1 Å². The monoisotopic (exact) mass is 803 g/mol. The van der Waals surface area contributed by atoms with Gasteiger partial charge in [-0.25, -0.2) is 0 Å². The number of hydrogen-bond donors (Lipinski definition) is 5. The van der Waals surface area contributed by atoms with Crippen molar-refractivity contribution in [3.63, 3.8) is 0 Å². The second-order valence-corrected chi connectivity index (χ2v) is 16.0. The van der Waals surface area contributed by atoms with Gasteiger partial charge in [0.05, 0.1) is 13.2 Å². The molecule has 312 valence electrons. The number of unbranched alkanes of at least 4 members (excludes halogenated alkanes) is 8. The van der Waals surface area contributed by atoms with Crippen LogP contribution in [-0.4, -0.2) is 23.4 Å². The Labute approximate surface area is 356 Å². The van der Waals surface area contributed by atoms with E-state index in [0.717, 1.165) is 60.8 Å². The SMILES string of the molecule is CCCCCCCCOc1ccc(C2(c3ccc(OCCCCCC)cc3O)NC(c3ccccc3)(c3ccccc3)NC(c3ccccc3)(c3ccccc3)N2)c(O)c1. The zero-order valence-corrected chi connectivity index (χ0v) is 35.2. The molecule has 7 rings (SSSR count). The Balaban J connectivity index is 1.45. The van der Waals surface area contributed by atoms with Crippen LogP contribution in [0.25, 0.3) is 0 Å². The number of ether oxygens (including phenoxy) is 2. The summed E-state index contributed by atoms with van der Waals surface area (Å²) >= 11 is 0. The van der Waals surface area contributed by atoms with Crippen molar-refractivity contribution in [3.05, 3.63) is 191 Å². The molecule has 0 aliphatic carbocycles. The van der Waals surface area contributed by atoms with Gasteiger partial charge in [0, 0.05) is 23.3 Å². The lowest BCUT2D eigenvalue weighted by molar-refractivity contribution is 0.0401. The highest BCUT2D eigenvalue weighted by Gasteiger charge is 2.59. The predicted octanol–water partition coefficient (Wildman–Crippen LogP) is 11.6. The van der Waals surface area contributed by atoms with Crippen molar-refractivity contribution in [2.24, 2.45) is 0 Å². The minimum Gasteiger partial charge on any atom is -0.507 e. The van der Waals surface area contributed by atoms with E-state index in [2.05, 4.69) is 78.3 Å². The number of phenols is 2. The summed E-state index contributed by atoms with van der Waals surface area (Å²) in [5.74, 6) is 1.18. The molecule has 1 heterocycles. The van der Waals surface area contributed by atoms with Crippen LogP contribution in [0.15, 0.2) is 158 Å². The first-order chi connectivity index (χ1) is 29.4. The summed E-state index contributed by atoms with van der Waals surface area (Å²) in [4.78, 5) is 0. The lowest BCUT2D eigenvalue weighted by Crippen LogP contribution is -2.81. The molecule has 0 saturated carbocycles. The van der Waals surface area contributed by atoms with Crippen molar-refractivity contribution in [3.8, 4) is 23.0 Å². The molecule has 0 radical (unpaired) electrons. The van der Waals surface area contributed by atoms with E-state index in [1.165, 1.54) is 25.7 Å². The van der Waals surface area contributed by atoms with Crippen LogP contribution in [0.4, 0.5) is 0 Å². The maximum absolute atomic E-state index is 12.4. The lowest BCUT2D eigenvalue weighted by atomic mass is 9.76. The van der Waals surface area contributed by atoms with Crippen LogP contribution in [0.2, 0.25) is 0 Å². The smallest absolute Gasteiger partial charge is 0.132 e. The molecule has 1 saturated heterocycles. The summed E-state index contributed by atoms with van der Waals surface area (Å²) in [6.45, 7) is 5.54. The fraction of sp³-hybridized carbons (Fsp3) is 0.321. The zero-order chi connectivity index (χ0) is 41.7. The van der Waals surface area contributed by atoms with Crippen molar-refractivity contribution in [1.82, 2.24) is 16.0 Å². The summed E-state index contributed by atoms with van der Waals surface area (Å²) in [6, 6.07) is 52.3. The fourth-order valence-corrected chi connectivity index (χ4v) is 8.64. The molecule has 0 atom stereocenters. The van der Waals surface area contributed by atoms with Gasteiger partial charge in [0.1, 0.15) is 40.0 Å². The molecule has 6 aromatic rings. The molecule has 6 aromatic carbocycles. The van der Waals surface area contributed by atoms with Gasteiger partial charge in [-0.15, -0.1) is 0 Å². The Morgan fingerprint density at radius 2 is 0.700 bits per heavy atom. The Hall–Kier alpha value is -5.60. The van der Waals surface area contributed by atoms with Gasteiger partial charge in [-0.05, 0) is 59.4 Å². The molecule has 7 heteroatoms. The molecule has 1 aliphatic heterocycles. The Kier molecular flexibility index (Phi) is 14.2. The summed E-state index contributed by atoms with van der Waals surface area (Å²) in [6.07, 6.45) is 11.3. The van der Waals surface area contributed by atoms with Crippen LogP contribution < -0.4 is 25.4 Å². The third-order valence-electron chi connectivity index (χ3n) is 11.7. The summed E-state index contributed by atoms with van der Waals surface area (Å²) < 4.78 is 12.5. The molecule has 7 nitrogen and oxygen atoms in total. The molecule has 0 bridgehead atoms. The average molecular weight is 804 g/mol. The van der Waals surface area contributed by atoms with E-state index in [9.17, 15) is 10.2 Å². The Morgan fingerprint density at radius 3 is 1.05 bits per heavy atom. The largest absolute Gasteiger partial charge is 0.507 e. The predicted molar refractivity (Wildman–Crippen MR) is 242 cm³/mol. The molecule has 60 heavy (non-hydrogen) atoms. The van der Waals surface area contributed by atoms with Gasteiger partial charge in [0.15, 0.2) is 0 Å². The zero-order valence-electron chi connectivity index (χ0n) is 35.2. The maximum atomic E-state index is 12.4. The average Bonchev–Trinajstić information content (AvgIpc) is 3.29. The summed E-state index contributed by atoms with van der Waals surface area (Å²) in [5.41, 5.74) is 0.990. The van der Waals surface area contributed by atoms with Crippen LogP contribution in [0.5, 0.6) is 23.0 Å². The topological polar surface area (TPSA) is 95.0 Å². The highest BCUT2D eigenvalue weighted by atomic mass is 16.5. The lowest BCUT2D eigenvalue weighted by Gasteiger charge is -2.60. The van der Waals surface area contributed by atoms with Crippen LogP contribution >= 0.6 is 0 Å². The third-order valence-corrected chi connectivity index (χ3v) is 11.7. The third kappa shape index (κ3) is 9.24. The fourth-order valence-electron chi connectivity index (χ4n) is 8.64. The Morgan fingerprint density at radius 1 is 0.383 bits per heavy atom. The molecular weight excluding hydrogens is 743 g/mol. The minimum atomic E-state index is -1.48. The highest BCUT2D eigenvalue weighted by Crippen LogP contribution is 2.50. The second-order valence-electron chi connectivity index (χ2n) is 16.0. The minimum absolute atomic E-state index is 0.0100. The number of rotatable bonds is 20. The van der Waals surface area contributed by atoms with E-state index in [-0.39, 0.29) is 11.5 Å². The van der Waals surface area contributed by atoms with Crippen LogP contribution in [-0.2, 0) is 17.0 Å². The maximum Gasteiger partial charge on any atom is 0.132 e. The normalized spacial score (nSPS) is 15.3. The number of hydrogen-bond acceptors (Lipinski definition) is 7. The van der Waals surface area contributed by atoms with Crippen LogP contribution in [0.3, 0.4) is 0 Å². The van der Waals surface area contributed by atoms with Crippen LogP contribution in [0, 0.1) is 0 Å². The van der Waals surface area contributed by atoms with Gasteiger partial charge in [0.2, 0.25) is 0 Å². The van der Waals surface area contributed by atoms with Crippen LogP contribution in [0.1, 0.15) is 111 Å². The molecule has 0 amide bonds. The van der Waals surface area contributed by atoms with Crippen molar-refractivity contribution < 1.29 is 19.7 Å². The van der Waals surface area contributed by atoms with E-state index < -0.39 is 17.0 Å². The first-order valence-corrected chi connectivity index (χ1v) is 22.0. The van der Waals surface area contributed by atoms with Gasteiger partial charge < -0.3 is 19.7 Å². The second kappa shape index (κ2) is 20.1. The van der Waals surface area contributed by atoms with Gasteiger partial charge in [0.25, 0.3) is 0 Å². The van der Waals surface area contributed by atoms with E-state index in [4.69, 9.17) is 9.47 Å². The van der Waals surface area contributed by atoms with Gasteiger partial charge in [-0.3, -0.25) is 16.0 Å². The molecule has 0 unspecified atom stereocenters. The summed E-state index contributed by atoms with van der Waals surface area (Å²) in [5, 5.41) is 37.2. The first-order valence-electron chi connectivity index (χ1n) is 22.0. The molecule has 1 fully saturated rings. The molecular formula is C53H61N3O4. The molecule has 1 aliphatic rings. The van der Waals surface area contributed by atoms with Crippen molar-refractivity contribution >= 4 is 0 Å². The van der Waals surface area contributed by atoms with Crippen molar-refractivity contribution in [2.75, 3.05) is 13.2 Å². The van der Waals surface area contributed by atoms with Gasteiger partial charge in [-0.2, -0.15) is 0 Å². The molecule has 5 N–H and O–H groups in total. The van der Waals surface area contributed by atoms with E-state index >= 15 is 0 Å². The van der Waals surface area contributed by atoms with Gasteiger partial charge in [-0.1, -0.05) is 187 Å². The number of nitrogens with one attached hydrogen (secondary N) is 3. The molecule has 0 spiro atoms. The van der Waals surface area contributed by atoms with Crippen molar-refractivity contribution in [1.29, 1.82) is 0 Å². The highest BCUT2D eigenvalue weighted by molar-refractivity contribution is 5.58. The van der Waals surface area contributed by atoms with E-state index in [0.29, 0.717) is 35.8 Å². The quantitative estimate of drug-likeness (QED) is 0.0491. The first kappa shape index (κ1) is 42.5. The van der Waals surface area contributed by atoms with Crippen molar-refractivity contribution in [2.45, 2.75) is 95.0 Å². The number of phenolic OH excluding ortho intramolecular Hbond substituents is 2.